The van der Waals surface area contributed by atoms with Crippen molar-refractivity contribution in [3.63, 3.8) is 0 Å². The fourth-order valence-electron chi connectivity index (χ4n) is 0.988. The lowest BCUT2D eigenvalue weighted by molar-refractivity contribution is 0.251. The Balaban J connectivity index is 2.35. The van der Waals surface area contributed by atoms with Crippen LogP contribution >= 0.6 is 0 Å². The van der Waals surface area contributed by atoms with Crippen molar-refractivity contribution < 1.29 is 4.79 Å². The molecule has 0 aromatic heterocycles. The van der Waals surface area contributed by atoms with Crippen LogP contribution in [0.15, 0.2) is 30.3 Å². The predicted octanol–water partition coefficient (Wildman–Crippen LogP) is 1.97. The molecule has 1 rings (SSSR count). The zero-order valence-corrected chi connectivity index (χ0v) is 8.53. The molecule has 0 spiro atoms. The van der Waals surface area contributed by atoms with Gasteiger partial charge in [-0.3, -0.25) is 0 Å². The lowest BCUT2D eigenvalue weighted by atomic mass is 10.2. The van der Waals surface area contributed by atoms with E-state index in [1.165, 1.54) is 0 Å². The van der Waals surface area contributed by atoms with Crippen molar-refractivity contribution in [2.75, 3.05) is 11.9 Å². The predicted molar refractivity (Wildman–Crippen MR) is 58.2 cm³/mol. The van der Waals surface area contributed by atoms with Crippen LogP contribution in [0.1, 0.15) is 6.92 Å². The molecule has 0 heterocycles. The molecule has 2 N–H and O–H groups in total. The van der Waals surface area contributed by atoms with E-state index in [0.717, 1.165) is 5.69 Å². The number of carbonyl (C=O) groups excluding carboxylic acids is 1. The van der Waals surface area contributed by atoms with Gasteiger partial charge in [0.1, 0.15) is 0 Å². The van der Waals surface area contributed by atoms with E-state index in [4.69, 9.17) is 5.26 Å². The minimum Gasteiger partial charge on any atom is -0.337 e. The number of rotatable bonds is 3. The van der Waals surface area contributed by atoms with Crippen LogP contribution in [0.5, 0.6) is 0 Å². The van der Waals surface area contributed by atoms with Crippen LogP contribution < -0.4 is 10.6 Å². The molecule has 2 amide bonds. The molecule has 0 saturated heterocycles. The summed E-state index contributed by atoms with van der Waals surface area (Å²) in [4.78, 5) is 11.3. The third-order valence-electron chi connectivity index (χ3n) is 1.82. The monoisotopic (exact) mass is 203 g/mol. The first-order valence-electron chi connectivity index (χ1n) is 4.72. The number of benzene rings is 1. The summed E-state index contributed by atoms with van der Waals surface area (Å²) in [5.74, 6) is -0.175. The first-order chi connectivity index (χ1) is 7.22. The first-order valence-corrected chi connectivity index (χ1v) is 4.72. The summed E-state index contributed by atoms with van der Waals surface area (Å²) in [6, 6.07) is 10.9. The van der Waals surface area contributed by atoms with Crippen molar-refractivity contribution in [3.8, 4) is 6.07 Å². The van der Waals surface area contributed by atoms with Crippen molar-refractivity contribution >= 4 is 11.7 Å². The van der Waals surface area contributed by atoms with Crippen molar-refractivity contribution in [1.29, 1.82) is 5.26 Å². The molecule has 0 unspecified atom stereocenters. The quantitative estimate of drug-likeness (QED) is 0.788. The number of nitrogens with one attached hydrogen (secondary N) is 2. The van der Waals surface area contributed by atoms with Crippen LogP contribution in [0, 0.1) is 17.2 Å². The average molecular weight is 203 g/mol. The number of anilines is 1. The number of nitriles is 1. The van der Waals surface area contributed by atoms with Crippen molar-refractivity contribution in [3.05, 3.63) is 30.3 Å². The number of nitrogens with zero attached hydrogens (tertiary/aromatic N) is 1. The Hall–Kier alpha value is -2.02. The Morgan fingerprint density at radius 1 is 1.47 bits per heavy atom. The molecule has 1 aromatic rings. The number of para-hydroxylation sites is 1. The lowest BCUT2D eigenvalue weighted by Gasteiger charge is -2.07. The van der Waals surface area contributed by atoms with Gasteiger partial charge in [-0.25, -0.2) is 4.79 Å². The van der Waals surface area contributed by atoms with Gasteiger partial charge >= 0.3 is 6.03 Å². The van der Waals surface area contributed by atoms with Crippen LogP contribution in [0.2, 0.25) is 0 Å². The van der Waals surface area contributed by atoms with Crippen molar-refractivity contribution in [2.45, 2.75) is 6.92 Å². The van der Waals surface area contributed by atoms with Crippen LogP contribution in [0.3, 0.4) is 0 Å². The molecule has 0 aliphatic heterocycles. The second-order valence-electron chi connectivity index (χ2n) is 3.23. The molecule has 0 aliphatic rings. The number of urea groups is 1. The van der Waals surface area contributed by atoms with Gasteiger partial charge in [0, 0.05) is 12.2 Å². The maximum atomic E-state index is 11.3. The van der Waals surface area contributed by atoms with Crippen molar-refractivity contribution in [1.82, 2.24) is 5.32 Å². The average Bonchev–Trinajstić information content (AvgIpc) is 2.27. The van der Waals surface area contributed by atoms with E-state index in [2.05, 4.69) is 10.6 Å². The summed E-state index contributed by atoms with van der Waals surface area (Å²) in [7, 11) is 0. The fourth-order valence-corrected chi connectivity index (χ4v) is 0.988. The summed E-state index contributed by atoms with van der Waals surface area (Å²) in [6.45, 7) is 2.11. The summed E-state index contributed by atoms with van der Waals surface area (Å²) in [6.07, 6.45) is 0. The summed E-state index contributed by atoms with van der Waals surface area (Å²) in [5, 5.41) is 13.8. The smallest absolute Gasteiger partial charge is 0.319 e. The van der Waals surface area contributed by atoms with Gasteiger partial charge in [0.2, 0.25) is 0 Å². The van der Waals surface area contributed by atoms with Crippen LogP contribution in [-0.4, -0.2) is 12.6 Å². The third-order valence-corrected chi connectivity index (χ3v) is 1.82. The van der Waals surface area contributed by atoms with E-state index in [-0.39, 0.29) is 11.9 Å². The van der Waals surface area contributed by atoms with Gasteiger partial charge in [0.25, 0.3) is 0 Å². The Morgan fingerprint density at radius 2 is 2.13 bits per heavy atom. The first kappa shape index (κ1) is 11.1. The second-order valence-corrected chi connectivity index (χ2v) is 3.23. The number of amides is 2. The second kappa shape index (κ2) is 5.66. The van der Waals surface area contributed by atoms with E-state index in [9.17, 15) is 4.79 Å². The van der Waals surface area contributed by atoms with Gasteiger partial charge in [0.05, 0.1) is 12.0 Å². The summed E-state index contributed by atoms with van der Waals surface area (Å²) < 4.78 is 0. The zero-order valence-electron chi connectivity index (χ0n) is 8.53. The Kier molecular flexibility index (Phi) is 4.17. The minimum absolute atomic E-state index is 0.175. The lowest BCUT2D eigenvalue weighted by Crippen LogP contribution is -2.31. The summed E-state index contributed by atoms with van der Waals surface area (Å²) >= 11 is 0. The van der Waals surface area contributed by atoms with E-state index < -0.39 is 0 Å². The van der Waals surface area contributed by atoms with E-state index in [1.54, 1.807) is 19.1 Å². The van der Waals surface area contributed by atoms with Gasteiger partial charge in [-0.1, -0.05) is 18.2 Å². The standard InChI is InChI=1S/C11H13N3O/c1-9(7-12)8-13-11(15)14-10-5-3-2-4-6-10/h2-6,9H,8H2,1H3,(H2,13,14,15)/t9-/m0/s1. The molecule has 0 fully saturated rings. The maximum Gasteiger partial charge on any atom is 0.319 e. The van der Waals surface area contributed by atoms with Crippen LogP contribution in [0.4, 0.5) is 10.5 Å². The van der Waals surface area contributed by atoms with Crippen LogP contribution in [-0.2, 0) is 0 Å². The van der Waals surface area contributed by atoms with Gasteiger partial charge < -0.3 is 10.6 Å². The largest absolute Gasteiger partial charge is 0.337 e. The van der Waals surface area contributed by atoms with Crippen molar-refractivity contribution in [2.24, 2.45) is 5.92 Å². The third kappa shape index (κ3) is 4.14. The molecule has 78 valence electrons. The highest BCUT2D eigenvalue weighted by molar-refractivity contribution is 5.89. The van der Waals surface area contributed by atoms with Gasteiger partial charge in [-0.05, 0) is 19.1 Å². The number of hydrogen-bond acceptors (Lipinski definition) is 2. The molecule has 1 atom stereocenters. The molecule has 4 nitrogen and oxygen atoms in total. The molecular weight excluding hydrogens is 190 g/mol. The Bertz CT molecular complexity index is 356. The molecular formula is C11H13N3O. The summed E-state index contributed by atoms with van der Waals surface area (Å²) in [5.41, 5.74) is 0.736. The van der Waals surface area contributed by atoms with E-state index in [0.29, 0.717) is 6.54 Å². The van der Waals surface area contributed by atoms with Gasteiger partial charge in [-0.2, -0.15) is 5.26 Å². The van der Waals surface area contributed by atoms with E-state index >= 15 is 0 Å². The maximum absolute atomic E-state index is 11.3. The van der Waals surface area contributed by atoms with E-state index in [1.807, 2.05) is 24.3 Å². The fraction of sp³-hybridized carbons (Fsp3) is 0.273. The molecule has 0 aliphatic carbocycles. The highest BCUT2D eigenvalue weighted by atomic mass is 16.2. The highest BCUT2D eigenvalue weighted by Gasteiger charge is 2.03. The molecule has 0 saturated carbocycles. The zero-order chi connectivity index (χ0) is 11.1. The molecule has 0 bridgehead atoms. The van der Waals surface area contributed by atoms with Gasteiger partial charge in [0.15, 0.2) is 0 Å². The minimum atomic E-state index is -0.289. The molecule has 15 heavy (non-hydrogen) atoms. The van der Waals surface area contributed by atoms with Gasteiger partial charge in [-0.15, -0.1) is 0 Å². The highest BCUT2D eigenvalue weighted by Crippen LogP contribution is 2.04. The number of hydrogen-bond donors (Lipinski definition) is 2. The Labute approximate surface area is 88.9 Å². The Morgan fingerprint density at radius 3 is 2.73 bits per heavy atom. The normalized spacial score (nSPS) is 11.2. The topological polar surface area (TPSA) is 64.9 Å². The van der Waals surface area contributed by atoms with Crippen LogP contribution in [0.25, 0.3) is 0 Å². The molecule has 0 radical (unpaired) electrons. The molecule has 1 aromatic carbocycles. The number of carbonyl (C=O) groups is 1. The molecule has 4 heteroatoms. The SMILES string of the molecule is C[C@@H](C#N)CNC(=O)Nc1ccccc1.